The summed E-state index contributed by atoms with van der Waals surface area (Å²) in [7, 11) is 1.73. The molecule has 0 N–H and O–H groups in total. The zero-order chi connectivity index (χ0) is 11.0. The maximum Gasteiger partial charge on any atom is 0.119 e. The maximum atomic E-state index is 5.46. The molecule has 0 unspecified atom stereocenters. The predicted octanol–water partition coefficient (Wildman–Crippen LogP) is 2.89. The van der Waals surface area contributed by atoms with E-state index >= 15 is 0 Å². The molecule has 0 aromatic heterocycles. The van der Waals surface area contributed by atoms with E-state index in [1.165, 1.54) is 29.7 Å². The van der Waals surface area contributed by atoms with Crippen LogP contribution in [0.3, 0.4) is 0 Å². The third kappa shape index (κ3) is 1.72. The summed E-state index contributed by atoms with van der Waals surface area (Å²) in [5.41, 5.74) is 1.45. The van der Waals surface area contributed by atoms with Gasteiger partial charge in [0.15, 0.2) is 0 Å². The monoisotopic (exact) mass is 236 g/mol. The number of ether oxygens (including phenoxy) is 2. The Balaban J connectivity index is 1.87. The Morgan fingerprint density at radius 1 is 1.31 bits per heavy atom. The molecule has 2 aliphatic heterocycles. The van der Waals surface area contributed by atoms with Crippen LogP contribution in [0.15, 0.2) is 23.1 Å². The van der Waals surface area contributed by atoms with Gasteiger partial charge in [0.25, 0.3) is 0 Å². The van der Waals surface area contributed by atoms with Crippen LogP contribution in [-0.2, 0) is 11.2 Å². The van der Waals surface area contributed by atoms with Crippen LogP contribution in [0.1, 0.15) is 18.4 Å². The summed E-state index contributed by atoms with van der Waals surface area (Å²) in [4.78, 5) is 1.43. The van der Waals surface area contributed by atoms with Gasteiger partial charge in [0.1, 0.15) is 5.75 Å². The third-order valence-corrected chi connectivity index (χ3v) is 5.11. The SMILES string of the molecule is COc1ccc2c(c1)CC1(CCOCC1)S2. The lowest BCUT2D eigenvalue weighted by atomic mass is 9.92. The van der Waals surface area contributed by atoms with Crippen LogP contribution < -0.4 is 4.74 Å². The number of fused-ring (bicyclic) bond motifs is 1. The van der Waals surface area contributed by atoms with Gasteiger partial charge in [-0.15, -0.1) is 11.8 Å². The second kappa shape index (κ2) is 3.97. The molecule has 1 saturated heterocycles. The van der Waals surface area contributed by atoms with Crippen molar-refractivity contribution in [2.24, 2.45) is 0 Å². The molecule has 1 spiro atoms. The van der Waals surface area contributed by atoms with E-state index in [2.05, 4.69) is 18.2 Å². The zero-order valence-electron chi connectivity index (χ0n) is 9.49. The minimum Gasteiger partial charge on any atom is -0.497 e. The molecule has 1 aromatic carbocycles. The summed E-state index contributed by atoms with van der Waals surface area (Å²) in [6.07, 6.45) is 3.52. The third-order valence-electron chi connectivity index (χ3n) is 3.51. The van der Waals surface area contributed by atoms with Crippen molar-refractivity contribution >= 4 is 11.8 Å². The number of benzene rings is 1. The van der Waals surface area contributed by atoms with Gasteiger partial charge in [-0.05, 0) is 43.0 Å². The van der Waals surface area contributed by atoms with Gasteiger partial charge < -0.3 is 9.47 Å². The average molecular weight is 236 g/mol. The maximum absolute atomic E-state index is 5.46. The van der Waals surface area contributed by atoms with Crippen molar-refractivity contribution in [2.45, 2.75) is 28.9 Å². The molecule has 3 heteroatoms. The predicted molar refractivity (Wildman–Crippen MR) is 65.3 cm³/mol. The number of methoxy groups -OCH3 is 1. The molecule has 0 atom stereocenters. The first-order valence-electron chi connectivity index (χ1n) is 5.75. The fraction of sp³-hybridized carbons (Fsp3) is 0.538. The number of hydrogen-bond acceptors (Lipinski definition) is 3. The largest absolute Gasteiger partial charge is 0.497 e. The van der Waals surface area contributed by atoms with Crippen LogP contribution in [0.4, 0.5) is 0 Å². The Kier molecular flexibility index (Phi) is 2.60. The van der Waals surface area contributed by atoms with Crippen molar-refractivity contribution in [2.75, 3.05) is 20.3 Å². The smallest absolute Gasteiger partial charge is 0.119 e. The fourth-order valence-corrected chi connectivity index (χ4v) is 4.02. The van der Waals surface area contributed by atoms with E-state index < -0.39 is 0 Å². The summed E-state index contributed by atoms with van der Waals surface area (Å²) >= 11 is 2.04. The minimum absolute atomic E-state index is 0.410. The molecule has 1 fully saturated rings. The standard InChI is InChI=1S/C13H16O2S/c1-14-11-2-3-12-10(8-11)9-13(16-12)4-6-15-7-5-13/h2-3,8H,4-7,9H2,1H3. The lowest BCUT2D eigenvalue weighted by Crippen LogP contribution is -2.32. The summed E-state index contributed by atoms with van der Waals surface area (Å²) in [5, 5.41) is 0. The Morgan fingerprint density at radius 2 is 2.12 bits per heavy atom. The fourth-order valence-electron chi connectivity index (χ4n) is 2.56. The number of rotatable bonds is 1. The van der Waals surface area contributed by atoms with Gasteiger partial charge in [-0.2, -0.15) is 0 Å². The molecule has 3 rings (SSSR count). The highest BCUT2D eigenvalue weighted by molar-refractivity contribution is 8.01. The molecule has 0 amide bonds. The van der Waals surface area contributed by atoms with E-state index in [0.29, 0.717) is 4.75 Å². The van der Waals surface area contributed by atoms with E-state index in [4.69, 9.17) is 9.47 Å². The molecule has 0 bridgehead atoms. The molecule has 2 nitrogen and oxygen atoms in total. The number of hydrogen-bond donors (Lipinski definition) is 0. The lowest BCUT2D eigenvalue weighted by molar-refractivity contribution is 0.0782. The lowest BCUT2D eigenvalue weighted by Gasteiger charge is -2.32. The van der Waals surface area contributed by atoms with E-state index in [-0.39, 0.29) is 0 Å². The first-order valence-corrected chi connectivity index (χ1v) is 6.57. The molecule has 2 aliphatic rings. The highest BCUT2D eigenvalue weighted by Crippen LogP contribution is 2.50. The van der Waals surface area contributed by atoms with E-state index in [0.717, 1.165) is 19.0 Å². The first kappa shape index (κ1) is 10.5. The Bertz CT molecular complexity index is 397. The quantitative estimate of drug-likeness (QED) is 0.747. The van der Waals surface area contributed by atoms with Crippen LogP contribution in [-0.4, -0.2) is 25.1 Å². The van der Waals surface area contributed by atoms with E-state index in [9.17, 15) is 0 Å². The second-order valence-corrected chi connectivity index (χ2v) is 6.06. The van der Waals surface area contributed by atoms with Crippen LogP contribution >= 0.6 is 11.8 Å². The molecule has 2 heterocycles. The summed E-state index contributed by atoms with van der Waals surface area (Å²) < 4.78 is 11.2. The molecule has 0 radical (unpaired) electrons. The van der Waals surface area contributed by atoms with Gasteiger partial charge in [-0.1, -0.05) is 0 Å². The van der Waals surface area contributed by atoms with Gasteiger partial charge in [-0.3, -0.25) is 0 Å². The van der Waals surface area contributed by atoms with Gasteiger partial charge in [0.2, 0.25) is 0 Å². The van der Waals surface area contributed by atoms with E-state index in [1.807, 2.05) is 11.8 Å². The molecular formula is C13H16O2S. The highest BCUT2D eigenvalue weighted by Gasteiger charge is 2.39. The molecule has 0 aliphatic carbocycles. The van der Waals surface area contributed by atoms with Gasteiger partial charge in [0, 0.05) is 22.9 Å². The zero-order valence-corrected chi connectivity index (χ0v) is 10.3. The van der Waals surface area contributed by atoms with Gasteiger partial charge in [-0.25, -0.2) is 0 Å². The van der Waals surface area contributed by atoms with Crippen LogP contribution in [0, 0.1) is 0 Å². The van der Waals surface area contributed by atoms with Gasteiger partial charge in [0.05, 0.1) is 7.11 Å². The highest BCUT2D eigenvalue weighted by atomic mass is 32.2. The Morgan fingerprint density at radius 3 is 2.88 bits per heavy atom. The van der Waals surface area contributed by atoms with Crippen molar-refractivity contribution in [3.63, 3.8) is 0 Å². The van der Waals surface area contributed by atoms with E-state index in [1.54, 1.807) is 7.11 Å². The van der Waals surface area contributed by atoms with Crippen LogP contribution in [0.2, 0.25) is 0 Å². The van der Waals surface area contributed by atoms with Crippen molar-refractivity contribution in [1.82, 2.24) is 0 Å². The second-order valence-electron chi connectivity index (χ2n) is 4.55. The average Bonchev–Trinajstić information content (AvgIpc) is 2.66. The number of thioether (sulfide) groups is 1. The Hall–Kier alpha value is -0.670. The molecule has 86 valence electrons. The van der Waals surface area contributed by atoms with Crippen LogP contribution in [0.25, 0.3) is 0 Å². The molecule has 16 heavy (non-hydrogen) atoms. The first-order chi connectivity index (χ1) is 7.81. The molecule has 0 saturated carbocycles. The van der Waals surface area contributed by atoms with Crippen molar-refractivity contribution in [1.29, 1.82) is 0 Å². The summed E-state index contributed by atoms with van der Waals surface area (Å²) in [6.45, 7) is 1.83. The van der Waals surface area contributed by atoms with Crippen molar-refractivity contribution < 1.29 is 9.47 Å². The molecule has 1 aromatic rings. The normalized spacial score (nSPS) is 22.1. The van der Waals surface area contributed by atoms with Gasteiger partial charge >= 0.3 is 0 Å². The summed E-state index contributed by atoms with van der Waals surface area (Å²) in [6, 6.07) is 6.44. The van der Waals surface area contributed by atoms with Crippen LogP contribution in [0.5, 0.6) is 5.75 Å². The van der Waals surface area contributed by atoms with Crippen molar-refractivity contribution in [3.8, 4) is 5.75 Å². The minimum atomic E-state index is 0.410. The topological polar surface area (TPSA) is 18.5 Å². The Labute approximate surface area is 100 Å². The molecular weight excluding hydrogens is 220 g/mol. The summed E-state index contributed by atoms with van der Waals surface area (Å²) in [5.74, 6) is 0.975. The van der Waals surface area contributed by atoms with Crippen molar-refractivity contribution in [3.05, 3.63) is 23.8 Å².